The molecular formula is C30H30N4O3S. The van der Waals surface area contributed by atoms with Crippen LogP contribution < -0.4 is 16.0 Å². The summed E-state index contributed by atoms with van der Waals surface area (Å²) in [5.74, 6) is -0.649. The number of nitrogens with one attached hydrogen (secondary N) is 3. The van der Waals surface area contributed by atoms with E-state index < -0.39 is 5.92 Å². The van der Waals surface area contributed by atoms with E-state index in [1.807, 2.05) is 55.5 Å². The Morgan fingerprint density at radius 1 is 1.03 bits per heavy atom. The van der Waals surface area contributed by atoms with Crippen LogP contribution in [0.1, 0.15) is 43.6 Å². The van der Waals surface area contributed by atoms with Gasteiger partial charge in [-0.05, 0) is 61.2 Å². The third-order valence-corrected chi connectivity index (χ3v) is 7.38. The molecule has 194 valence electrons. The summed E-state index contributed by atoms with van der Waals surface area (Å²) in [7, 11) is 0. The molecule has 2 amide bonds. The van der Waals surface area contributed by atoms with Crippen LogP contribution in [0.5, 0.6) is 0 Å². The van der Waals surface area contributed by atoms with E-state index in [2.05, 4.69) is 28.9 Å². The minimum absolute atomic E-state index is 0.0923. The number of hydrogen-bond acceptors (Lipinski definition) is 6. The molecular weight excluding hydrogens is 496 g/mol. The topological polar surface area (TPSA) is 107 Å². The third kappa shape index (κ3) is 6.01. The Labute approximate surface area is 227 Å². The predicted octanol–water partition coefficient (Wildman–Crippen LogP) is 6.11. The Morgan fingerprint density at radius 3 is 2.45 bits per heavy atom. The lowest BCUT2D eigenvalue weighted by molar-refractivity contribution is -0.114. The summed E-state index contributed by atoms with van der Waals surface area (Å²) in [5, 5.41) is 19.8. The number of benzene rings is 2. The van der Waals surface area contributed by atoms with Crippen LogP contribution in [0.4, 0.5) is 11.4 Å². The molecule has 7 nitrogen and oxygen atoms in total. The molecule has 2 heterocycles. The smallest absolute Gasteiger partial charge is 0.254 e. The van der Waals surface area contributed by atoms with Crippen molar-refractivity contribution >= 4 is 35.0 Å². The van der Waals surface area contributed by atoms with Crippen LogP contribution >= 0.6 is 11.8 Å². The minimum atomic E-state index is -0.711. The average molecular weight is 527 g/mol. The summed E-state index contributed by atoms with van der Waals surface area (Å²) in [5.41, 5.74) is 4.97. The lowest BCUT2D eigenvalue weighted by Gasteiger charge is -2.28. The maximum absolute atomic E-state index is 13.5. The number of rotatable bonds is 9. The number of para-hydroxylation sites is 1. The second-order valence-corrected chi connectivity index (χ2v) is 9.80. The van der Waals surface area contributed by atoms with Crippen molar-refractivity contribution in [2.45, 2.75) is 39.5 Å². The van der Waals surface area contributed by atoms with Crippen molar-refractivity contribution in [2.24, 2.45) is 0 Å². The number of nitriles is 1. The van der Waals surface area contributed by atoms with Gasteiger partial charge in [0.05, 0.1) is 40.2 Å². The first-order valence-corrected chi connectivity index (χ1v) is 13.5. The highest BCUT2D eigenvalue weighted by molar-refractivity contribution is 8.03. The Hall–Kier alpha value is -4.22. The van der Waals surface area contributed by atoms with Gasteiger partial charge >= 0.3 is 0 Å². The highest BCUT2D eigenvalue weighted by Crippen LogP contribution is 2.41. The van der Waals surface area contributed by atoms with Gasteiger partial charge < -0.3 is 20.4 Å². The predicted molar refractivity (Wildman–Crippen MR) is 151 cm³/mol. The molecule has 4 rings (SSSR count). The Bertz CT molecular complexity index is 1420. The van der Waals surface area contributed by atoms with Gasteiger partial charge in [0, 0.05) is 17.1 Å². The molecule has 1 aliphatic rings. The van der Waals surface area contributed by atoms with E-state index in [1.165, 1.54) is 23.6 Å². The molecule has 2 aromatic carbocycles. The second kappa shape index (κ2) is 12.3. The molecule has 1 aromatic heterocycles. The zero-order valence-corrected chi connectivity index (χ0v) is 22.4. The van der Waals surface area contributed by atoms with Crippen molar-refractivity contribution < 1.29 is 14.0 Å². The van der Waals surface area contributed by atoms with Gasteiger partial charge in [0.1, 0.15) is 5.76 Å². The van der Waals surface area contributed by atoms with Gasteiger partial charge in [-0.1, -0.05) is 55.9 Å². The maximum Gasteiger partial charge on any atom is 0.254 e. The van der Waals surface area contributed by atoms with Crippen LogP contribution in [-0.2, 0) is 22.4 Å². The summed E-state index contributed by atoms with van der Waals surface area (Å²) in [6.07, 6.45) is 3.23. The number of thioether (sulfide) groups is 1. The van der Waals surface area contributed by atoms with Crippen LogP contribution in [0.2, 0.25) is 0 Å². The van der Waals surface area contributed by atoms with Crippen LogP contribution in [-0.4, -0.2) is 17.6 Å². The molecule has 8 heteroatoms. The van der Waals surface area contributed by atoms with E-state index in [9.17, 15) is 14.9 Å². The van der Waals surface area contributed by atoms with E-state index in [0.29, 0.717) is 33.3 Å². The van der Waals surface area contributed by atoms with Gasteiger partial charge in [-0.15, -0.1) is 0 Å². The number of anilines is 2. The summed E-state index contributed by atoms with van der Waals surface area (Å²) >= 11 is 1.22. The molecule has 0 aliphatic carbocycles. The Kier molecular flexibility index (Phi) is 8.72. The molecule has 0 saturated heterocycles. The van der Waals surface area contributed by atoms with Gasteiger partial charge in [-0.2, -0.15) is 5.26 Å². The molecule has 1 aliphatic heterocycles. The minimum Gasteiger partial charge on any atom is -0.468 e. The Balaban J connectivity index is 1.57. The first-order chi connectivity index (χ1) is 18.4. The highest BCUT2D eigenvalue weighted by Gasteiger charge is 2.36. The third-order valence-electron chi connectivity index (χ3n) is 6.36. The SMILES string of the molecule is CCc1ccc(NC(=O)C2=C(C)NC(SCC(=O)Nc3ccccc3CC)=C(C#N)C2c2ccco2)cc1. The zero-order valence-electron chi connectivity index (χ0n) is 21.6. The highest BCUT2D eigenvalue weighted by atomic mass is 32.2. The monoisotopic (exact) mass is 526 g/mol. The zero-order chi connectivity index (χ0) is 27.1. The molecule has 0 fully saturated rings. The number of aryl methyl sites for hydroxylation is 2. The number of amides is 2. The first-order valence-electron chi connectivity index (χ1n) is 12.5. The summed E-state index contributed by atoms with van der Waals surface area (Å²) in [6.45, 7) is 5.90. The number of carbonyl (C=O) groups excluding carboxylic acids is 2. The van der Waals surface area contributed by atoms with Crippen molar-refractivity contribution in [3.05, 3.63) is 106 Å². The van der Waals surface area contributed by atoms with E-state index in [0.717, 1.165) is 24.1 Å². The quantitative estimate of drug-likeness (QED) is 0.311. The largest absolute Gasteiger partial charge is 0.468 e. The van der Waals surface area contributed by atoms with Crippen molar-refractivity contribution in [1.29, 1.82) is 5.26 Å². The van der Waals surface area contributed by atoms with Crippen LogP contribution in [0.15, 0.2) is 93.2 Å². The molecule has 38 heavy (non-hydrogen) atoms. The number of dihydropyridines is 1. The molecule has 3 N–H and O–H groups in total. The van der Waals surface area contributed by atoms with Crippen LogP contribution in [0.3, 0.4) is 0 Å². The molecule has 3 aromatic rings. The van der Waals surface area contributed by atoms with E-state index >= 15 is 0 Å². The Morgan fingerprint density at radius 2 is 1.79 bits per heavy atom. The lowest BCUT2D eigenvalue weighted by atomic mass is 9.85. The molecule has 0 saturated carbocycles. The lowest BCUT2D eigenvalue weighted by Crippen LogP contribution is -2.31. The summed E-state index contributed by atoms with van der Waals surface area (Å²) < 4.78 is 5.68. The fourth-order valence-electron chi connectivity index (χ4n) is 4.36. The van der Waals surface area contributed by atoms with Crippen molar-refractivity contribution in [1.82, 2.24) is 5.32 Å². The average Bonchev–Trinajstić information content (AvgIpc) is 3.47. The van der Waals surface area contributed by atoms with Gasteiger partial charge in [-0.25, -0.2) is 0 Å². The van der Waals surface area contributed by atoms with Crippen molar-refractivity contribution in [2.75, 3.05) is 16.4 Å². The number of carbonyl (C=O) groups is 2. The van der Waals surface area contributed by atoms with Crippen LogP contribution in [0.25, 0.3) is 0 Å². The summed E-state index contributed by atoms with van der Waals surface area (Å²) in [4.78, 5) is 26.3. The van der Waals surface area contributed by atoms with Crippen molar-refractivity contribution in [3.8, 4) is 6.07 Å². The fraction of sp³-hybridized carbons (Fsp3) is 0.233. The normalized spacial score (nSPS) is 15.1. The first kappa shape index (κ1) is 26.8. The van der Waals surface area contributed by atoms with Gasteiger partial charge in [0.15, 0.2) is 0 Å². The van der Waals surface area contributed by atoms with Crippen LogP contribution in [0, 0.1) is 11.3 Å². The molecule has 0 spiro atoms. The van der Waals surface area contributed by atoms with E-state index in [-0.39, 0.29) is 17.6 Å². The van der Waals surface area contributed by atoms with E-state index in [1.54, 1.807) is 19.1 Å². The number of hydrogen-bond donors (Lipinski definition) is 3. The molecule has 1 unspecified atom stereocenters. The molecule has 1 atom stereocenters. The maximum atomic E-state index is 13.5. The van der Waals surface area contributed by atoms with Gasteiger partial charge in [-0.3, -0.25) is 9.59 Å². The number of allylic oxidation sites excluding steroid dienone is 2. The van der Waals surface area contributed by atoms with E-state index in [4.69, 9.17) is 4.42 Å². The summed E-state index contributed by atoms with van der Waals surface area (Å²) in [6, 6.07) is 21.1. The van der Waals surface area contributed by atoms with Gasteiger partial charge in [0.25, 0.3) is 5.91 Å². The fourth-order valence-corrected chi connectivity index (χ4v) is 5.26. The molecule has 0 bridgehead atoms. The van der Waals surface area contributed by atoms with Gasteiger partial charge in [0.2, 0.25) is 5.91 Å². The number of furan rings is 1. The molecule has 0 radical (unpaired) electrons. The van der Waals surface area contributed by atoms with Crippen molar-refractivity contribution in [3.63, 3.8) is 0 Å². The standard InChI is InChI=1S/C30H30N4O3S/c1-4-20-12-14-22(15-13-20)33-29(36)27-19(3)32-30(23(17-31)28(27)25-11-8-16-37-25)38-18-26(35)34-24-10-7-6-9-21(24)5-2/h6-16,28,32H,4-5,18H2,1-3H3,(H,33,36)(H,34,35). The number of nitrogens with zero attached hydrogens (tertiary/aromatic N) is 1. The second-order valence-electron chi connectivity index (χ2n) is 8.82.